The number of carbonyl (C=O) groups excluding carboxylic acids is 2. The van der Waals surface area contributed by atoms with Crippen LogP contribution in [0, 0.1) is 10.7 Å². The number of fused-ring (bicyclic) bond motifs is 4. The number of unbranched alkanes of at least 4 members (excludes halogenated alkanes) is 4. The van der Waals surface area contributed by atoms with E-state index in [1.165, 1.54) is 97.8 Å². The summed E-state index contributed by atoms with van der Waals surface area (Å²) in [7, 11) is 0. The summed E-state index contributed by atoms with van der Waals surface area (Å²) in [6, 6.07) is 44.4. The molecule has 6 aromatic rings. The van der Waals surface area contributed by atoms with E-state index in [0.717, 1.165) is 113 Å². The van der Waals surface area contributed by atoms with Crippen molar-refractivity contribution in [2.75, 3.05) is 67.9 Å². The third-order valence-corrected chi connectivity index (χ3v) is 20.0. The molecule has 6 aromatic carbocycles. The van der Waals surface area contributed by atoms with Gasteiger partial charge in [0.1, 0.15) is 18.5 Å². The topological polar surface area (TPSA) is 213 Å². The molecule has 102 heavy (non-hydrogen) atoms. The van der Waals surface area contributed by atoms with Crippen LogP contribution in [0.4, 0.5) is 22.7 Å². The second-order valence-electron chi connectivity index (χ2n) is 26.9. The minimum Gasteiger partial charge on any atom is -0.504 e. The molecule has 0 aromatic heterocycles. The van der Waals surface area contributed by atoms with Crippen molar-refractivity contribution in [3.05, 3.63) is 239 Å². The van der Waals surface area contributed by atoms with Gasteiger partial charge < -0.3 is 51.9 Å². The average molecular weight is 1410 g/mol. The Bertz CT molecular complexity index is 4150. The zero-order chi connectivity index (χ0) is 72.9. The Kier molecular flexibility index (Phi) is 30.4. The van der Waals surface area contributed by atoms with Crippen molar-refractivity contribution in [3.8, 4) is 28.4 Å². The Morgan fingerprint density at radius 3 is 1.47 bits per heavy atom. The highest BCUT2D eigenvalue weighted by Gasteiger charge is 2.44. The maximum absolute atomic E-state index is 12.4. The fourth-order valence-corrected chi connectivity index (χ4v) is 14.4. The summed E-state index contributed by atoms with van der Waals surface area (Å²) in [5.74, 6) is 0.432. The number of rotatable bonds is 32. The van der Waals surface area contributed by atoms with E-state index < -0.39 is 0 Å². The number of nitrogens with zero attached hydrogens (tertiary/aromatic N) is 5. The SMILES string of the molecule is CC[N+]1=C(C=CC=CC=C2Cc3ccccc3N2CCCCCC(=O)NCCN)C(C)(C)c2ccccc21.CC[N+]1=C(C=CC=CC=C2Cc3ccccc3N2CCCCCC(=O)NCCNC(=S)CCCc2ccc(O)c(O)c2)C(C)(C)c2ccccc21.N#CSCCc1ccc(O)c(O)c1. The number of phenolic OH excluding ortho intramolecular Hbond substituents is 4. The second-order valence-corrected chi connectivity index (χ2v) is 28.3. The number of para-hydroxylation sites is 4. The lowest BCUT2D eigenvalue weighted by Crippen LogP contribution is -2.33. The number of thiocyanates is 1. The van der Waals surface area contributed by atoms with Gasteiger partial charge >= 0.3 is 0 Å². The largest absolute Gasteiger partial charge is 0.504 e. The lowest BCUT2D eigenvalue weighted by atomic mass is 9.81. The molecule has 15 nitrogen and oxygen atoms in total. The number of thioether (sulfide) groups is 1. The molecule has 0 fully saturated rings. The molecule has 0 radical (unpaired) electrons. The van der Waals surface area contributed by atoms with E-state index in [9.17, 15) is 19.8 Å². The molecule has 17 heteroatoms. The number of allylic oxidation sites excluding steroid dienone is 12. The Morgan fingerprint density at radius 2 is 1.00 bits per heavy atom. The normalized spacial score (nSPS) is 15.4. The van der Waals surface area contributed by atoms with Crippen LogP contribution >= 0.6 is 24.0 Å². The average Bonchev–Trinajstić information content (AvgIpc) is 1.61. The van der Waals surface area contributed by atoms with Crippen LogP contribution in [0.3, 0.4) is 0 Å². The number of anilines is 2. The van der Waals surface area contributed by atoms with E-state index in [1.54, 1.807) is 18.2 Å². The van der Waals surface area contributed by atoms with Gasteiger partial charge in [-0.2, -0.15) is 14.4 Å². The molecule has 0 saturated carbocycles. The van der Waals surface area contributed by atoms with Crippen LogP contribution in [0.25, 0.3) is 0 Å². The maximum Gasteiger partial charge on any atom is 0.220 e. The van der Waals surface area contributed by atoms with Crippen molar-refractivity contribution in [2.45, 2.75) is 142 Å². The molecule has 4 aliphatic heterocycles. The first-order valence-corrected chi connectivity index (χ1v) is 37.6. The number of nitrogens with two attached hydrogens (primary N) is 1. The van der Waals surface area contributed by atoms with Gasteiger partial charge in [0.2, 0.25) is 23.2 Å². The van der Waals surface area contributed by atoms with E-state index >= 15 is 0 Å². The van der Waals surface area contributed by atoms with Gasteiger partial charge in [-0.3, -0.25) is 9.59 Å². The fourth-order valence-electron chi connectivity index (χ4n) is 13.7. The number of aryl methyl sites for hydroxylation is 2. The molecule has 4 heterocycles. The van der Waals surface area contributed by atoms with Crippen molar-refractivity contribution >= 4 is 75.0 Å². The van der Waals surface area contributed by atoms with Gasteiger partial charge in [-0.15, -0.1) is 0 Å². The predicted molar refractivity (Wildman–Crippen MR) is 424 cm³/mol. The summed E-state index contributed by atoms with van der Waals surface area (Å²) in [5, 5.41) is 56.5. The highest BCUT2D eigenvalue weighted by atomic mass is 32.2. The Hall–Kier alpha value is -9.47. The van der Waals surface area contributed by atoms with Gasteiger partial charge in [0.05, 0.1) is 15.8 Å². The zero-order valence-electron chi connectivity index (χ0n) is 60.5. The number of nitriles is 1. The number of carbonyl (C=O) groups is 2. The molecular formula is C85H105N9O6S2+2. The van der Waals surface area contributed by atoms with Gasteiger partial charge in [0, 0.05) is 129 Å². The minimum atomic E-state index is -0.114. The molecule has 536 valence electrons. The van der Waals surface area contributed by atoms with E-state index in [2.05, 4.69) is 234 Å². The number of nitrogens with one attached hydrogen (secondary N) is 3. The number of aromatic hydroxyl groups is 4. The van der Waals surface area contributed by atoms with Crippen LogP contribution in [-0.4, -0.2) is 116 Å². The first kappa shape index (κ1) is 78.3. The number of hydrogen-bond donors (Lipinski definition) is 8. The van der Waals surface area contributed by atoms with Crippen LogP contribution < -0.4 is 31.5 Å². The Balaban J connectivity index is 0.000000226. The van der Waals surface area contributed by atoms with E-state index in [1.807, 2.05) is 5.40 Å². The van der Waals surface area contributed by atoms with E-state index in [0.29, 0.717) is 51.2 Å². The van der Waals surface area contributed by atoms with E-state index in [4.69, 9.17) is 33.4 Å². The molecule has 2 amide bonds. The monoisotopic (exact) mass is 1410 g/mol. The molecule has 0 spiro atoms. The van der Waals surface area contributed by atoms with Crippen LogP contribution in [-0.2, 0) is 46.1 Å². The highest BCUT2D eigenvalue weighted by Crippen LogP contribution is 2.42. The number of hydrogen-bond acceptors (Lipinski definition) is 12. The van der Waals surface area contributed by atoms with Gasteiger partial charge in [-0.05, 0) is 175 Å². The molecule has 9 N–H and O–H groups in total. The van der Waals surface area contributed by atoms with Gasteiger partial charge in [-0.25, -0.2) is 0 Å². The van der Waals surface area contributed by atoms with E-state index in [-0.39, 0.29) is 45.6 Å². The van der Waals surface area contributed by atoms with Crippen molar-refractivity contribution in [1.29, 1.82) is 5.26 Å². The first-order chi connectivity index (χ1) is 49.4. The van der Waals surface area contributed by atoms with Crippen molar-refractivity contribution < 1.29 is 39.2 Å². The third kappa shape index (κ3) is 21.8. The summed E-state index contributed by atoms with van der Waals surface area (Å²) in [5.41, 5.74) is 23.3. The summed E-state index contributed by atoms with van der Waals surface area (Å²) >= 11 is 6.60. The highest BCUT2D eigenvalue weighted by molar-refractivity contribution is 8.03. The Labute approximate surface area is 615 Å². The minimum absolute atomic E-state index is 0.00953. The number of amides is 2. The smallest absolute Gasteiger partial charge is 0.220 e. The molecule has 4 aliphatic rings. The number of thiocarbonyl (C=S) groups is 1. The summed E-state index contributed by atoms with van der Waals surface area (Å²) in [4.78, 5) is 29.9. The molecule has 0 saturated heterocycles. The van der Waals surface area contributed by atoms with Crippen LogP contribution in [0.15, 0.2) is 206 Å². The van der Waals surface area contributed by atoms with Gasteiger partial charge in [-0.1, -0.05) is 146 Å². The van der Waals surface area contributed by atoms with Crippen LogP contribution in [0.5, 0.6) is 23.0 Å². The summed E-state index contributed by atoms with van der Waals surface area (Å²) < 4.78 is 4.85. The van der Waals surface area contributed by atoms with Crippen molar-refractivity contribution in [1.82, 2.24) is 16.0 Å². The predicted octanol–water partition coefficient (Wildman–Crippen LogP) is 15.8. The number of benzene rings is 6. The Morgan fingerprint density at radius 1 is 0.549 bits per heavy atom. The molecule has 10 rings (SSSR count). The molecule has 0 atom stereocenters. The fraction of sp³-hybridized carbons (Fsp3) is 0.365. The zero-order valence-corrected chi connectivity index (χ0v) is 62.1. The van der Waals surface area contributed by atoms with Gasteiger partial charge in [0.25, 0.3) is 0 Å². The van der Waals surface area contributed by atoms with Gasteiger partial charge in [0.15, 0.2) is 34.4 Å². The quantitative estimate of drug-likeness (QED) is 0.00494. The lowest BCUT2D eigenvalue weighted by Gasteiger charge is -2.21. The van der Waals surface area contributed by atoms with Crippen LogP contribution in [0.1, 0.15) is 139 Å². The lowest BCUT2D eigenvalue weighted by molar-refractivity contribution is -0.433. The number of phenols is 4. The van der Waals surface area contributed by atoms with Crippen molar-refractivity contribution in [3.63, 3.8) is 0 Å². The first-order valence-electron chi connectivity index (χ1n) is 36.2. The standard InChI is InChI=1S/C43H52N4O3S.C33H42N4O.C9H9NO2S/c1-4-46-37-21-13-11-19-35(37)43(2,3)40(46)22-8-5-7-18-34-31-33-17-10-12-20-36(33)47(34)29-14-6-9-23-41(50)44-27-28-45-42(51)24-15-16-32-25-26-38(48)39(49)30-32;1-4-36-30-19-13-11-17-28(30)33(2,3)31(36)20-8-5-7-16-27-25-26-15-10-12-18-29(26)37(27)24-14-6-9-21-32(38)35-23-22-34;10-6-13-4-3-7-1-2-8(11)9(12)5-7/h5,7-8,10-13,17-22,25-26,30H,4,6,9,14-16,23-24,27-29,31H2,1-3H3,(H3-,44,45,48,49,50,51);5,7-8,10-13,15-20H,4,6,9,14,21-25,34H2,1-3H3;1-2,5,11-12H,3-4H2/p+2. The molecule has 0 aliphatic carbocycles. The van der Waals surface area contributed by atoms with Crippen LogP contribution in [0.2, 0.25) is 0 Å². The molecule has 0 unspecified atom stereocenters. The van der Waals surface area contributed by atoms with Crippen molar-refractivity contribution in [2.24, 2.45) is 5.73 Å². The molecule has 0 bridgehead atoms. The third-order valence-electron chi connectivity index (χ3n) is 19.1. The summed E-state index contributed by atoms with van der Waals surface area (Å²) in [6.45, 7) is 19.6. The second kappa shape index (κ2) is 39.7. The maximum atomic E-state index is 12.4. The molecular weight excluding hydrogens is 1310 g/mol. The summed E-state index contributed by atoms with van der Waals surface area (Å²) in [6.07, 6.45) is 33.8.